The Morgan fingerprint density at radius 1 is 0.677 bits per heavy atom. The summed E-state index contributed by atoms with van der Waals surface area (Å²) in [6.45, 7) is 5.51. The molecule has 154 valence electrons. The molecule has 0 saturated carbocycles. The van der Waals surface area contributed by atoms with E-state index in [9.17, 15) is 0 Å². The fourth-order valence-electron chi connectivity index (χ4n) is 4.05. The van der Waals surface area contributed by atoms with Crippen LogP contribution in [0.15, 0.2) is 73.3 Å². The van der Waals surface area contributed by atoms with Gasteiger partial charge in [0.2, 0.25) is 5.95 Å². The molecule has 0 amide bonds. The van der Waals surface area contributed by atoms with E-state index in [1.54, 1.807) is 12.4 Å². The second kappa shape index (κ2) is 8.47. The number of nitrogens with zero attached hydrogens (tertiary/aromatic N) is 7. The number of rotatable bonds is 4. The minimum Gasteiger partial charge on any atom is -0.351 e. The van der Waals surface area contributed by atoms with Gasteiger partial charge in [-0.25, -0.2) is 9.97 Å². The number of hydrogen-bond acceptors (Lipinski definition) is 7. The first-order chi connectivity index (χ1) is 15.3. The molecular formula is C24H23N7. The highest BCUT2D eigenvalue weighted by Gasteiger charge is 2.24. The minimum absolute atomic E-state index is 0.779. The van der Waals surface area contributed by atoms with Crippen molar-refractivity contribution < 1.29 is 0 Å². The van der Waals surface area contributed by atoms with E-state index < -0.39 is 0 Å². The third-order valence-corrected chi connectivity index (χ3v) is 5.62. The lowest BCUT2D eigenvalue weighted by molar-refractivity contribution is 0.630. The average Bonchev–Trinajstić information content (AvgIpc) is 2.85. The Hall–Kier alpha value is -3.87. The van der Waals surface area contributed by atoms with Gasteiger partial charge < -0.3 is 9.80 Å². The molecule has 0 bridgehead atoms. The third-order valence-electron chi connectivity index (χ3n) is 5.62. The van der Waals surface area contributed by atoms with Crippen LogP contribution in [0.2, 0.25) is 0 Å². The summed E-state index contributed by atoms with van der Waals surface area (Å²) in [4.78, 5) is 17.5. The van der Waals surface area contributed by atoms with Crippen molar-refractivity contribution in [2.24, 2.45) is 0 Å². The van der Waals surface area contributed by atoms with Crippen LogP contribution in [0, 0.1) is 6.92 Å². The number of benzene rings is 1. The van der Waals surface area contributed by atoms with E-state index in [1.165, 1.54) is 0 Å². The zero-order valence-electron chi connectivity index (χ0n) is 17.4. The van der Waals surface area contributed by atoms with Gasteiger partial charge in [0, 0.05) is 67.7 Å². The number of hydrogen-bond donors (Lipinski definition) is 0. The molecular weight excluding hydrogens is 386 g/mol. The lowest BCUT2D eigenvalue weighted by Crippen LogP contribution is -2.47. The van der Waals surface area contributed by atoms with Crippen molar-refractivity contribution in [1.82, 2.24) is 25.1 Å². The predicted octanol–water partition coefficient (Wildman–Crippen LogP) is 3.63. The van der Waals surface area contributed by atoms with Crippen molar-refractivity contribution in [2.45, 2.75) is 6.92 Å². The van der Waals surface area contributed by atoms with Crippen LogP contribution in [-0.4, -0.2) is 51.3 Å². The van der Waals surface area contributed by atoms with Crippen LogP contribution in [-0.2, 0) is 0 Å². The first kappa shape index (κ1) is 19.1. The van der Waals surface area contributed by atoms with Crippen LogP contribution in [0.3, 0.4) is 0 Å². The summed E-state index contributed by atoms with van der Waals surface area (Å²) in [5.41, 5.74) is 5.28. The Labute approximate surface area is 181 Å². The minimum atomic E-state index is 0.779. The number of aromatic nitrogens is 5. The van der Waals surface area contributed by atoms with E-state index in [-0.39, 0.29) is 0 Å². The third kappa shape index (κ3) is 3.82. The molecule has 1 fully saturated rings. The number of anilines is 2. The topological polar surface area (TPSA) is 70.9 Å². The quantitative estimate of drug-likeness (QED) is 0.510. The normalized spacial score (nSPS) is 14.0. The second-order valence-electron chi connectivity index (χ2n) is 7.50. The van der Waals surface area contributed by atoms with Gasteiger partial charge in [0.05, 0.1) is 0 Å². The van der Waals surface area contributed by atoms with Crippen molar-refractivity contribution in [3.63, 3.8) is 0 Å². The van der Waals surface area contributed by atoms with Crippen LogP contribution >= 0.6 is 0 Å². The maximum Gasteiger partial charge on any atom is 0.225 e. The molecule has 7 nitrogen and oxygen atoms in total. The van der Waals surface area contributed by atoms with Crippen molar-refractivity contribution in [1.29, 1.82) is 0 Å². The molecule has 1 aromatic carbocycles. The van der Waals surface area contributed by atoms with E-state index in [1.807, 2.05) is 48.8 Å². The van der Waals surface area contributed by atoms with Crippen molar-refractivity contribution in [3.05, 3.63) is 78.9 Å². The summed E-state index contributed by atoms with van der Waals surface area (Å²) in [5, 5.41) is 9.36. The highest BCUT2D eigenvalue weighted by atomic mass is 15.3. The zero-order chi connectivity index (χ0) is 21.0. The van der Waals surface area contributed by atoms with Gasteiger partial charge in [-0.15, -0.1) is 10.2 Å². The molecule has 4 heterocycles. The molecule has 0 unspecified atom stereocenters. The Balaban J connectivity index is 1.50. The van der Waals surface area contributed by atoms with Gasteiger partial charge in [0.1, 0.15) is 5.69 Å². The molecule has 7 heteroatoms. The molecule has 0 N–H and O–H groups in total. The first-order valence-corrected chi connectivity index (χ1v) is 10.4. The van der Waals surface area contributed by atoms with E-state index in [0.29, 0.717) is 0 Å². The molecule has 3 aromatic heterocycles. The first-order valence-electron chi connectivity index (χ1n) is 10.4. The fraction of sp³-hybridized carbons (Fsp3) is 0.208. The van der Waals surface area contributed by atoms with Crippen molar-refractivity contribution in [3.8, 4) is 22.4 Å². The smallest absolute Gasteiger partial charge is 0.225 e. The molecule has 1 aliphatic heterocycles. The highest BCUT2D eigenvalue weighted by Crippen LogP contribution is 2.36. The van der Waals surface area contributed by atoms with Gasteiger partial charge in [0.15, 0.2) is 5.82 Å². The van der Waals surface area contributed by atoms with E-state index >= 15 is 0 Å². The summed E-state index contributed by atoms with van der Waals surface area (Å²) in [5.74, 6) is 1.71. The summed E-state index contributed by atoms with van der Waals surface area (Å²) >= 11 is 0. The zero-order valence-corrected chi connectivity index (χ0v) is 17.4. The van der Waals surface area contributed by atoms with E-state index in [4.69, 9.17) is 0 Å². The average molecular weight is 409 g/mol. The Kier molecular flexibility index (Phi) is 5.22. The molecule has 1 aliphatic rings. The van der Waals surface area contributed by atoms with Crippen LogP contribution in [0.5, 0.6) is 0 Å². The van der Waals surface area contributed by atoms with Crippen LogP contribution in [0.4, 0.5) is 11.8 Å². The maximum absolute atomic E-state index is 4.69. The highest BCUT2D eigenvalue weighted by molar-refractivity contribution is 5.85. The second-order valence-corrected chi connectivity index (χ2v) is 7.50. The maximum atomic E-state index is 4.69. The number of pyridine rings is 1. The largest absolute Gasteiger partial charge is 0.351 e. The lowest BCUT2D eigenvalue weighted by atomic mass is 9.96. The molecule has 4 aromatic rings. The monoisotopic (exact) mass is 409 g/mol. The fourth-order valence-corrected chi connectivity index (χ4v) is 4.05. The molecule has 0 aliphatic carbocycles. The van der Waals surface area contributed by atoms with Gasteiger partial charge in [0.25, 0.3) is 0 Å². The van der Waals surface area contributed by atoms with Gasteiger partial charge in [-0.2, -0.15) is 0 Å². The molecule has 1 saturated heterocycles. The van der Waals surface area contributed by atoms with Gasteiger partial charge in [-0.3, -0.25) is 4.98 Å². The molecule has 31 heavy (non-hydrogen) atoms. The molecule has 5 rings (SSSR count). The van der Waals surface area contributed by atoms with E-state index in [2.05, 4.69) is 54.0 Å². The van der Waals surface area contributed by atoms with Crippen LogP contribution in [0.1, 0.15) is 5.56 Å². The summed E-state index contributed by atoms with van der Waals surface area (Å²) < 4.78 is 0. The lowest BCUT2D eigenvalue weighted by Gasteiger charge is -2.36. The summed E-state index contributed by atoms with van der Waals surface area (Å²) in [7, 11) is 0. The van der Waals surface area contributed by atoms with Crippen molar-refractivity contribution >= 4 is 11.8 Å². The number of piperazine rings is 1. The standard InChI is InChI=1S/C24H23N7/c1-18-21(19-8-12-25-13-9-19)22(20-6-3-2-4-7-20)28-29-23(18)30-14-16-31(17-15-30)24-26-10-5-11-27-24/h2-13H,14-17H2,1H3. The Morgan fingerprint density at radius 2 is 1.35 bits per heavy atom. The summed E-state index contributed by atoms with van der Waals surface area (Å²) in [6.07, 6.45) is 7.21. The predicted molar refractivity (Wildman–Crippen MR) is 122 cm³/mol. The van der Waals surface area contributed by atoms with Gasteiger partial charge in [-0.1, -0.05) is 30.3 Å². The summed E-state index contributed by atoms with van der Waals surface area (Å²) in [6, 6.07) is 16.1. The molecule has 0 atom stereocenters. The SMILES string of the molecule is Cc1c(N2CCN(c3ncccn3)CC2)nnc(-c2ccccc2)c1-c1ccncc1. The van der Waals surface area contributed by atoms with Gasteiger partial charge >= 0.3 is 0 Å². The van der Waals surface area contributed by atoms with Gasteiger partial charge in [-0.05, 0) is 30.7 Å². The Bertz CT molecular complexity index is 1140. The molecule has 0 spiro atoms. The van der Waals surface area contributed by atoms with Crippen molar-refractivity contribution in [2.75, 3.05) is 36.0 Å². The Morgan fingerprint density at radius 3 is 2.06 bits per heavy atom. The van der Waals surface area contributed by atoms with Crippen LogP contribution in [0.25, 0.3) is 22.4 Å². The van der Waals surface area contributed by atoms with Crippen LogP contribution < -0.4 is 9.80 Å². The van der Waals surface area contributed by atoms with E-state index in [0.717, 1.165) is 65.9 Å². The molecule has 0 radical (unpaired) electrons.